The van der Waals surface area contributed by atoms with Gasteiger partial charge in [0.15, 0.2) is 5.96 Å². The number of aliphatic imine (C=N–C) groups is 1. The lowest BCUT2D eigenvalue weighted by atomic mass is 9.64. The average molecular weight is 392 g/mol. The Labute approximate surface area is 152 Å². The van der Waals surface area contributed by atoms with E-state index >= 15 is 0 Å². The van der Waals surface area contributed by atoms with Gasteiger partial charge in [-0.25, -0.2) is 0 Å². The molecule has 3 fully saturated rings. The van der Waals surface area contributed by atoms with E-state index in [0.29, 0.717) is 18.2 Å². The van der Waals surface area contributed by atoms with E-state index < -0.39 is 0 Å². The Morgan fingerprint density at radius 2 is 2.08 bits per heavy atom. The topological polar surface area (TPSA) is 45.7 Å². The molecule has 4 rings (SSSR count). The number of nitrogens with zero attached hydrogens (tertiary/aromatic N) is 1. The van der Waals surface area contributed by atoms with Crippen molar-refractivity contribution in [2.75, 3.05) is 13.6 Å². The van der Waals surface area contributed by atoms with Gasteiger partial charge in [-0.05, 0) is 49.8 Å². The van der Waals surface area contributed by atoms with Gasteiger partial charge in [-0.3, -0.25) is 4.99 Å². The van der Waals surface area contributed by atoms with E-state index in [9.17, 15) is 0 Å². The van der Waals surface area contributed by atoms with Crippen LogP contribution in [0.25, 0.3) is 0 Å². The predicted molar refractivity (Wildman–Crippen MR) is 100 cm³/mol. The molecule has 0 radical (unpaired) electrons. The van der Waals surface area contributed by atoms with Crippen LogP contribution < -0.4 is 10.6 Å². The molecule has 2 N–H and O–H groups in total. The van der Waals surface area contributed by atoms with Gasteiger partial charge in [-0.15, -0.1) is 0 Å². The number of hydrogen-bond acceptors (Lipinski definition) is 2. The molecule has 4 nitrogen and oxygen atoms in total. The molecule has 1 saturated carbocycles. The summed E-state index contributed by atoms with van der Waals surface area (Å²) in [6.07, 6.45) is 8.16. The van der Waals surface area contributed by atoms with Gasteiger partial charge in [0.25, 0.3) is 0 Å². The minimum absolute atomic E-state index is 0.253. The minimum atomic E-state index is 0.253. The van der Waals surface area contributed by atoms with Crippen molar-refractivity contribution >= 4 is 21.9 Å². The molecule has 2 aliphatic heterocycles. The maximum atomic E-state index is 5.94. The van der Waals surface area contributed by atoms with Crippen molar-refractivity contribution in [3.63, 3.8) is 0 Å². The lowest BCUT2D eigenvalue weighted by Crippen LogP contribution is -2.52. The Hall–Kier alpha value is -1.07. The smallest absolute Gasteiger partial charge is 0.191 e. The molecule has 130 valence electrons. The highest BCUT2D eigenvalue weighted by Crippen LogP contribution is 2.43. The number of guanidine groups is 1. The van der Waals surface area contributed by atoms with Crippen LogP contribution in [-0.2, 0) is 10.2 Å². The highest BCUT2D eigenvalue weighted by molar-refractivity contribution is 9.10. The Kier molecular flexibility index (Phi) is 4.56. The van der Waals surface area contributed by atoms with Crippen LogP contribution in [0.2, 0.25) is 0 Å². The van der Waals surface area contributed by atoms with Crippen LogP contribution in [0.3, 0.4) is 0 Å². The highest BCUT2D eigenvalue weighted by atomic mass is 79.9. The minimum Gasteiger partial charge on any atom is -0.373 e. The lowest BCUT2D eigenvalue weighted by molar-refractivity contribution is 0.0992. The summed E-state index contributed by atoms with van der Waals surface area (Å²) in [7, 11) is 1.86. The fourth-order valence-electron chi connectivity index (χ4n) is 4.39. The van der Waals surface area contributed by atoms with Crippen LogP contribution in [0.4, 0.5) is 0 Å². The summed E-state index contributed by atoms with van der Waals surface area (Å²) in [5, 5.41) is 7.17. The van der Waals surface area contributed by atoms with Gasteiger partial charge in [0.1, 0.15) is 0 Å². The first-order valence-electron chi connectivity index (χ1n) is 9.07. The second kappa shape index (κ2) is 6.68. The molecule has 1 aliphatic carbocycles. The summed E-state index contributed by atoms with van der Waals surface area (Å²) in [4.78, 5) is 4.44. The van der Waals surface area contributed by atoms with Gasteiger partial charge >= 0.3 is 0 Å². The van der Waals surface area contributed by atoms with Gasteiger partial charge in [-0.2, -0.15) is 0 Å². The van der Waals surface area contributed by atoms with Crippen molar-refractivity contribution < 1.29 is 4.74 Å². The van der Waals surface area contributed by atoms with E-state index in [1.807, 2.05) is 7.05 Å². The second-order valence-electron chi connectivity index (χ2n) is 7.43. The molecule has 1 aromatic carbocycles. The average Bonchev–Trinajstić information content (AvgIpc) is 3.17. The molecule has 2 heterocycles. The molecule has 3 aliphatic rings. The van der Waals surface area contributed by atoms with Gasteiger partial charge in [0, 0.05) is 23.5 Å². The van der Waals surface area contributed by atoms with Crippen molar-refractivity contribution in [1.82, 2.24) is 10.6 Å². The molecule has 5 heteroatoms. The van der Waals surface area contributed by atoms with E-state index in [1.165, 1.54) is 37.7 Å². The standard InChI is InChI=1S/C19H26BrN3O/c1-21-18(23-16-11-15-7-8-17(16)24-15)22-12-19(9-2-10-19)13-3-5-14(20)6-4-13/h3-6,15-17H,2,7-12H2,1H3,(H2,21,22,23). The van der Waals surface area contributed by atoms with Crippen molar-refractivity contribution in [2.45, 2.75) is 62.2 Å². The van der Waals surface area contributed by atoms with Crippen molar-refractivity contribution in [2.24, 2.45) is 4.99 Å². The number of halogens is 1. The van der Waals surface area contributed by atoms with Gasteiger partial charge in [-0.1, -0.05) is 34.5 Å². The summed E-state index contributed by atoms with van der Waals surface area (Å²) in [5.74, 6) is 0.916. The number of nitrogens with one attached hydrogen (secondary N) is 2. The molecule has 0 amide bonds. The van der Waals surface area contributed by atoms with E-state index in [2.05, 4.69) is 55.8 Å². The maximum Gasteiger partial charge on any atom is 0.191 e. The predicted octanol–water partition coefficient (Wildman–Crippen LogP) is 3.36. The van der Waals surface area contributed by atoms with E-state index in [0.717, 1.165) is 23.4 Å². The summed E-state index contributed by atoms with van der Waals surface area (Å²) >= 11 is 3.53. The molecular weight excluding hydrogens is 366 g/mol. The normalized spacial score (nSPS) is 30.9. The van der Waals surface area contributed by atoms with Crippen LogP contribution in [0.1, 0.15) is 44.1 Å². The van der Waals surface area contributed by atoms with E-state index in [4.69, 9.17) is 4.74 Å². The van der Waals surface area contributed by atoms with Crippen molar-refractivity contribution in [1.29, 1.82) is 0 Å². The molecule has 2 bridgehead atoms. The first kappa shape index (κ1) is 16.4. The first-order valence-corrected chi connectivity index (χ1v) is 9.86. The van der Waals surface area contributed by atoms with Crippen molar-refractivity contribution in [3.05, 3.63) is 34.3 Å². The first-order chi connectivity index (χ1) is 11.7. The third-order valence-corrected chi connectivity index (χ3v) is 6.54. The van der Waals surface area contributed by atoms with Crippen LogP contribution in [0, 0.1) is 0 Å². The molecule has 2 saturated heterocycles. The fourth-order valence-corrected chi connectivity index (χ4v) is 4.65. The largest absolute Gasteiger partial charge is 0.373 e. The zero-order valence-electron chi connectivity index (χ0n) is 14.2. The number of benzene rings is 1. The number of rotatable bonds is 4. The molecule has 0 spiro atoms. The Balaban J connectivity index is 1.38. The Morgan fingerprint density at radius 3 is 2.62 bits per heavy atom. The number of hydrogen-bond donors (Lipinski definition) is 2. The third-order valence-electron chi connectivity index (χ3n) is 6.01. The molecule has 3 unspecified atom stereocenters. The highest BCUT2D eigenvalue weighted by Gasteiger charge is 2.42. The Bertz CT molecular complexity index is 612. The van der Waals surface area contributed by atoms with E-state index in [-0.39, 0.29) is 5.41 Å². The molecule has 1 aromatic rings. The zero-order valence-corrected chi connectivity index (χ0v) is 15.8. The maximum absolute atomic E-state index is 5.94. The monoisotopic (exact) mass is 391 g/mol. The summed E-state index contributed by atoms with van der Waals surface area (Å²) in [5.41, 5.74) is 1.69. The molecular formula is C19H26BrN3O. The number of ether oxygens (including phenoxy) is 1. The van der Waals surface area contributed by atoms with Gasteiger partial charge in [0.2, 0.25) is 0 Å². The summed E-state index contributed by atoms with van der Waals surface area (Å²) in [6, 6.07) is 9.22. The van der Waals surface area contributed by atoms with Gasteiger partial charge in [0.05, 0.1) is 18.2 Å². The molecule has 24 heavy (non-hydrogen) atoms. The van der Waals surface area contributed by atoms with Crippen LogP contribution in [0.5, 0.6) is 0 Å². The quantitative estimate of drug-likeness (QED) is 0.610. The van der Waals surface area contributed by atoms with E-state index in [1.54, 1.807) is 0 Å². The SMILES string of the molecule is CN=C(NCC1(c2ccc(Br)cc2)CCC1)NC1CC2CCC1O2. The summed E-state index contributed by atoms with van der Waals surface area (Å²) < 4.78 is 7.08. The summed E-state index contributed by atoms with van der Waals surface area (Å²) in [6.45, 7) is 0.940. The lowest BCUT2D eigenvalue weighted by Gasteiger charge is -2.43. The molecule has 0 aromatic heterocycles. The fraction of sp³-hybridized carbons (Fsp3) is 0.632. The zero-order chi connectivity index (χ0) is 16.6. The third kappa shape index (κ3) is 3.08. The second-order valence-corrected chi connectivity index (χ2v) is 8.34. The van der Waals surface area contributed by atoms with Crippen LogP contribution >= 0.6 is 15.9 Å². The van der Waals surface area contributed by atoms with Crippen molar-refractivity contribution in [3.8, 4) is 0 Å². The van der Waals surface area contributed by atoms with Crippen LogP contribution in [-0.4, -0.2) is 37.8 Å². The number of fused-ring (bicyclic) bond motifs is 2. The Morgan fingerprint density at radius 1 is 1.29 bits per heavy atom. The van der Waals surface area contributed by atoms with Crippen LogP contribution in [0.15, 0.2) is 33.7 Å². The molecule has 3 atom stereocenters. The van der Waals surface area contributed by atoms with Gasteiger partial charge < -0.3 is 15.4 Å².